The number of aromatic amines is 2. The van der Waals surface area contributed by atoms with Crippen LogP contribution in [-0.4, -0.2) is 16.8 Å². The molecule has 1 heterocycles. The van der Waals surface area contributed by atoms with Crippen molar-refractivity contribution in [2.45, 2.75) is 39.8 Å². The lowest BCUT2D eigenvalue weighted by atomic mass is 9.94. The van der Waals surface area contributed by atoms with E-state index in [1.807, 2.05) is 45.9 Å². The van der Waals surface area contributed by atoms with Gasteiger partial charge in [0.1, 0.15) is 11.0 Å². The summed E-state index contributed by atoms with van der Waals surface area (Å²) in [4.78, 5) is 18.5. The minimum absolute atomic E-state index is 0.0118. The number of fused-ring (bicyclic) bond motifs is 1. The summed E-state index contributed by atoms with van der Waals surface area (Å²) >= 11 is 0. The Balaban J connectivity index is 2.41. The molecule has 0 aliphatic heterocycles. The van der Waals surface area contributed by atoms with Gasteiger partial charge in [0.2, 0.25) is 0 Å². The van der Waals surface area contributed by atoms with Gasteiger partial charge < -0.3 is 5.32 Å². The van der Waals surface area contributed by atoms with Gasteiger partial charge >= 0.3 is 5.95 Å². The van der Waals surface area contributed by atoms with Crippen LogP contribution in [0, 0.1) is 5.92 Å². The third kappa shape index (κ3) is 2.99. The maximum absolute atomic E-state index is 12.4. The number of imidazole rings is 1. The number of nitrogen functional groups attached to an aromatic ring is 1. The van der Waals surface area contributed by atoms with Crippen molar-refractivity contribution in [2.24, 2.45) is 5.92 Å². The number of anilines is 1. The zero-order valence-corrected chi connectivity index (χ0v) is 12.4. The Morgan fingerprint density at radius 2 is 2.00 bits per heavy atom. The van der Waals surface area contributed by atoms with Gasteiger partial charge in [-0.3, -0.25) is 10.5 Å². The van der Waals surface area contributed by atoms with Gasteiger partial charge in [-0.25, -0.2) is 9.97 Å². The molecule has 0 spiro atoms. The van der Waals surface area contributed by atoms with Crippen molar-refractivity contribution in [3.05, 3.63) is 23.8 Å². The van der Waals surface area contributed by atoms with E-state index >= 15 is 0 Å². The molecule has 1 aromatic heterocycles. The SMILES string of the molecule is CC(C)N[C@H](C(=O)C(C)C)c1ccc2[nH+]c(N)[nH]c2c1. The lowest BCUT2D eigenvalue weighted by molar-refractivity contribution is -0.325. The number of carbonyl (C=O) groups is 1. The molecule has 5 N–H and O–H groups in total. The smallest absolute Gasteiger partial charge is 0.302 e. The van der Waals surface area contributed by atoms with Crippen LogP contribution in [0.1, 0.15) is 39.3 Å². The Morgan fingerprint density at radius 1 is 1.30 bits per heavy atom. The minimum atomic E-state index is -0.288. The van der Waals surface area contributed by atoms with Gasteiger partial charge in [0.05, 0.1) is 6.04 Å². The lowest BCUT2D eigenvalue weighted by Gasteiger charge is -2.22. The highest BCUT2D eigenvalue weighted by molar-refractivity contribution is 5.88. The lowest BCUT2D eigenvalue weighted by Crippen LogP contribution is -2.35. The van der Waals surface area contributed by atoms with Gasteiger partial charge in [-0.2, -0.15) is 0 Å². The topological polar surface area (TPSA) is 85.1 Å². The van der Waals surface area contributed by atoms with E-state index in [4.69, 9.17) is 5.73 Å². The van der Waals surface area contributed by atoms with Crippen LogP contribution in [0.25, 0.3) is 11.0 Å². The monoisotopic (exact) mass is 275 g/mol. The first kappa shape index (κ1) is 14.5. The van der Waals surface area contributed by atoms with Crippen molar-refractivity contribution >= 4 is 22.8 Å². The molecule has 0 unspecified atom stereocenters. The summed E-state index contributed by atoms with van der Waals surface area (Å²) in [5, 5.41) is 3.34. The molecular formula is C15H23N4O+. The quantitative estimate of drug-likeness (QED) is 0.778. The Bertz CT molecular complexity index is 615. The van der Waals surface area contributed by atoms with E-state index in [2.05, 4.69) is 15.3 Å². The van der Waals surface area contributed by atoms with Gasteiger partial charge in [0, 0.05) is 12.0 Å². The Labute approximate surface area is 119 Å². The number of benzene rings is 1. The predicted octanol–water partition coefficient (Wildman–Crippen LogP) is 1.83. The molecule has 2 rings (SSSR count). The summed E-state index contributed by atoms with van der Waals surface area (Å²) in [6.07, 6.45) is 0. The van der Waals surface area contributed by atoms with Crippen molar-refractivity contribution < 1.29 is 9.78 Å². The average Bonchev–Trinajstić information content (AvgIpc) is 2.73. The first-order chi connectivity index (χ1) is 9.38. The minimum Gasteiger partial charge on any atom is -0.302 e. The Hall–Kier alpha value is -1.88. The highest BCUT2D eigenvalue weighted by atomic mass is 16.1. The van der Waals surface area contributed by atoms with Crippen molar-refractivity contribution in [1.29, 1.82) is 0 Å². The van der Waals surface area contributed by atoms with Crippen molar-refractivity contribution in [3.63, 3.8) is 0 Å². The molecule has 108 valence electrons. The number of hydrogen-bond acceptors (Lipinski definition) is 3. The summed E-state index contributed by atoms with van der Waals surface area (Å²) in [5.74, 6) is 0.699. The second kappa shape index (κ2) is 5.63. The molecule has 5 nitrogen and oxygen atoms in total. The first-order valence-corrected chi connectivity index (χ1v) is 6.98. The Morgan fingerprint density at radius 3 is 2.60 bits per heavy atom. The van der Waals surface area contributed by atoms with Gasteiger partial charge in [0.25, 0.3) is 0 Å². The molecule has 0 aliphatic rings. The van der Waals surface area contributed by atoms with Crippen LogP contribution in [0.5, 0.6) is 0 Å². The standard InChI is InChI=1S/C15H22N4O/c1-8(2)14(20)13(17-9(3)4)10-5-6-11-12(7-10)19-15(16)18-11/h5-9,13,17H,1-4H3,(H3,16,18,19)/p+1/t13-/m0/s1. The molecule has 20 heavy (non-hydrogen) atoms. The second-order valence-corrected chi connectivity index (χ2v) is 5.78. The molecule has 0 saturated heterocycles. The summed E-state index contributed by atoms with van der Waals surface area (Å²) in [7, 11) is 0. The molecule has 0 radical (unpaired) electrons. The fourth-order valence-corrected chi connectivity index (χ4v) is 2.28. The van der Waals surface area contributed by atoms with Gasteiger partial charge in [-0.1, -0.05) is 19.9 Å². The zero-order chi connectivity index (χ0) is 14.9. The number of hydrogen-bond donors (Lipinski definition) is 3. The van der Waals surface area contributed by atoms with E-state index in [0.717, 1.165) is 16.6 Å². The van der Waals surface area contributed by atoms with E-state index < -0.39 is 0 Å². The van der Waals surface area contributed by atoms with Crippen LogP contribution in [0.15, 0.2) is 18.2 Å². The number of Topliss-reactive ketones (excluding diaryl/α,β-unsaturated/α-hetero) is 1. The number of nitrogens with two attached hydrogens (primary N) is 1. The normalized spacial score (nSPS) is 13.3. The fraction of sp³-hybridized carbons (Fsp3) is 0.467. The summed E-state index contributed by atoms with van der Waals surface area (Å²) in [6.45, 7) is 7.94. The third-order valence-corrected chi connectivity index (χ3v) is 3.27. The van der Waals surface area contributed by atoms with Crippen LogP contribution in [-0.2, 0) is 4.79 Å². The highest BCUT2D eigenvalue weighted by Gasteiger charge is 2.24. The number of carbonyl (C=O) groups excluding carboxylic acids is 1. The number of H-pyrrole nitrogens is 2. The van der Waals surface area contributed by atoms with Crippen LogP contribution < -0.4 is 16.0 Å². The molecule has 0 amide bonds. The van der Waals surface area contributed by atoms with E-state index in [-0.39, 0.29) is 23.8 Å². The number of nitrogens with one attached hydrogen (secondary N) is 3. The van der Waals surface area contributed by atoms with E-state index in [9.17, 15) is 4.79 Å². The van der Waals surface area contributed by atoms with Crippen LogP contribution in [0.4, 0.5) is 5.95 Å². The second-order valence-electron chi connectivity index (χ2n) is 5.78. The zero-order valence-electron chi connectivity index (χ0n) is 12.4. The van der Waals surface area contributed by atoms with Crippen molar-refractivity contribution in [2.75, 3.05) is 5.73 Å². The van der Waals surface area contributed by atoms with Crippen LogP contribution >= 0.6 is 0 Å². The largest absolute Gasteiger partial charge is 0.351 e. The van der Waals surface area contributed by atoms with Gasteiger partial charge in [-0.05, 0) is 31.5 Å². The van der Waals surface area contributed by atoms with E-state index in [1.165, 1.54) is 0 Å². The molecule has 5 heteroatoms. The summed E-state index contributed by atoms with van der Waals surface area (Å²) in [6, 6.07) is 5.83. The molecule has 1 atom stereocenters. The fourth-order valence-electron chi connectivity index (χ4n) is 2.28. The van der Waals surface area contributed by atoms with E-state index in [1.54, 1.807) is 0 Å². The highest BCUT2D eigenvalue weighted by Crippen LogP contribution is 2.22. The number of ketones is 1. The molecule has 1 aromatic carbocycles. The van der Waals surface area contributed by atoms with Crippen LogP contribution in [0.2, 0.25) is 0 Å². The maximum Gasteiger partial charge on any atom is 0.351 e. The molecule has 0 aliphatic carbocycles. The average molecular weight is 275 g/mol. The number of aromatic nitrogens is 2. The maximum atomic E-state index is 12.4. The third-order valence-electron chi connectivity index (χ3n) is 3.27. The molecule has 0 saturated carbocycles. The van der Waals surface area contributed by atoms with Gasteiger partial charge in [-0.15, -0.1) is 0 Å². The van der Waals surface area contributed by atoms with E-state index in [0.29, 0.717) is 5.95 Å². The molecule has 0 bridgehead atoms. The van der Waals surface area contributed by atoms with Gasteiger partial charge in [0.15, 0.2) is 5.78 Å². The molecular weight excluding hydrogens is 252 g/mol. The van der Waals surface area contributed by atoms with Crippen LogP contribution in [0.3, 0.4) is 0 Å². The van der Waals surface area contributed by atoms with Crippen molar-refractivity contribution in [3.8, 4) is 0 Å². The number of rotatable bonds is 5. The summed E-state index contributed by atoms with van der Waals surface area (Å²) in [5.41, 5.74) is 8.52. The predicted molar refractivity (Wildman–Crippen MR) is 80.1 cm³/mol. The van der Waals surface area contributed by atoms with Crippen molar-refractivity contribution in [1.82, 2.24) is 10.3 Å². The molecule has 2 aromatic rings. The first-order valence-electron chi connectivity index (χ1n) is 6.98. The summed E-state index contributed by atoms with van der Waals surface area (Å²) < 4.78 is 0. The Kier molecular flexibility index (Phi) is 4.09. The molecule has 0 fully saturated rings.